The van der Waals surface area contributed by atoms with E-state index in [1.807, 2.05) is 18.4 Å². The van der Waals surface area contributed by atoms with Gasteiger partial charge in [-0.15, -0.1) is 0 Å². The molecule has 14 heteroatoms. The summed E-state index contributed by atoms with van der Waals surface area (Å²) in [7, 11) is -1.32. The summed E-state index contributed by atoms with van der Waals surface area (Å²) in [4.78, 5) is 16.6. The zero-order valence-electron chi connectivity index (χ0n) is 32.2. The first-order valence-electron chi connectivity index (χ1n) is 19.4. The molecule has 7 rings (SSSR count). The molecule has 10 nitrogen and oxygen atoms in total. The molecule has 2 aliphatic carbocycles. The molecule has 2 unspecified atom stereocenters. The van der Waals surface area contributed by atoms with E-state index in [1.54, 1.807) is 6.33 Å². The third-order valence-electron chi connectivity index (χ3n) is 11.0. The molecule has 4 heterocycles. The minimum absolute atomic E-state index is 0.0398. The zero-order chi connectivity index (χ0) is 37.7. The van der Waals surface area contributed by atoms with Crippen LogP contribution in [0.2, 0.25) is 25.7 Å². The van der Waals surface area contributed by atoms with Gasteiger partial charge in [0.25, 0.3) is 0 Å². The van der Waals surface area contributed by atoms with Crippen molar-refractivity contribution < 1.29 is 27.4 Å². The number of benzene rings is 1. The van der Waals surface area contributed by atoms with E-state index in [0.29, 0.717) is 36.1 Å². The summed E-state index contributed by atoms with van der Waals surface area (Å²) in [5.41, 5.74) is 1.28. The van der Waals surface area contributed by atoms with Gasteiger partial charge >= 0.3 is 6.18 Å². The first-order chi connectivity index (χ1) is 25.1. The van der Waals surface area contributed by atoms with Crippen LogP contribution in [0.1, 0.15) is 77.2 Å². The van der Waals surface area contributed by atoms with Gasteiger partial charge in [-0.2, -0.15) is 13.2 Å². The Morgan fingerprint density at radius 2 is 1.85 bits per heavy atom. The molecule has 0 spiro atoms. The van der Waals surface area contributed by atoms with Gasteiger partial charge in [0.05, 0.1) is 34.1 Å². The highest BCUT2D eigenvalue weighted by atomic mass is 28.3. The second-order valence-corrected chi connectivity index (χ2v) is 22.9. The van der Waals surface area contributed by atoms with Crippen LogP contribution >= 0.6 is 0 Å². The molecule has 1 saturated heterocycles. The largest absolute Gasteiger partial charge is 0.416 e. The standard InChI is InChI=1S/C39H56F3N7O3Si/c1-25(2)47(16-9-8-10-33-46-30-14-11-27(39(40,41)42)21-31(30)49(33)24-50-18-19-53(5,6)7)22-26-20-32(35-34(26)51-38(3,4)52-35)48-17-15-29-36(45-28-12-13-28)43-23-44-37(29)48/h11,14-15,17,21,23,25-26,28,32,34-35H,8-10,12-13,16,18-20,22,24H2,1-7H3,(H,43,44,45)/t26?,32?,34-,35+/m1/s1. The molecule has 3 aromatic heterocycles. The molecule has 4 aromatic rings. The lowest BCUT2D eigenvalue weighted by molar-refractivity contribution is -0.161. The zero-order valence-corrected chi connectivity index (χ0v) is 33.2. The van der Waals surface area contributed by atoms with Crippen LogP contribution in [0.15, 0.2) is 36.8 Å². The second kappa shape index (κ2) is 14.9. The Kier molecular flexibility index (Phi) is 10.7. The molecular formula is C39H56F3N7O3Si. The average molecular weight is 756 g/mol. The number of nitrogens with zero attached hydrogens (tertiary/aromatic N) is 6. The molecular weight excluding hydrogens is 700 g/mol. The summed E-state index contributed by atoms with van der Waals surface area (Å²) in [6.07, 6.45) is 4.92. The highest BCUT2D eigenvalue weighted by Gasteiger charge is 2.55. The summed E-state index contributed by atoms with van der Waals surface area (Å²) in [6, 6.07) is 7.81. The van der Waals surface area contributed by atoms with Crippen molar-refractivity contribution in [1.29, 1.82) is 0 Å². The van der Waals surface area contributed by atoms with Crippen LogP contribution in [-0.4, -0.2) is 86.8 Å². The maximum absolute atomic E-state index is 13.7. The maximum atomic E-state index is 13.7. The third-order valence-corrected chi connectivity index (χ3v) is 12.7. The first kappa shape index (κ1) is 38.2. The van der Waals surface area contributed by atoms with Crippen molar-refractivity contribution in [3.63, 3.8) is 0 Å². The quantitative estimate of drug-likeness (QED) is 0.0900. The Morgan fingerprint density at radius 3 is 2.57 bits per heavy atom. The van der Waals surface area contributed by atoms with E-state index >= 15 is 0 Å². The number of anilines is 1. The number of hydrogen-bond acceptors (Lipinski definition) is 8. The normalized spacial score (nSPS) is 23.2. The van der Waals surface area contributed by atoms with Crippen LogP contribution in [-0.2, 0) is 33.5 Å². The van der Waals surface area contributed by atoms with Gasteiger partial charge in [-0.1, -0.05) is 19.6 Å². The van der Waals surface area contributed by atoms with Crippen molar-refractivity contribution in [3.05, 3.63) is 48.2 Å². The number of imidazole rings is 1. The minimum atomic E-state index is -4.42. The molecule has 290 valence electrons. The molecule has 3 aliphatic rings. The summed E-state index contributed by atoms with van der Waals surface area (Å²) >= 11 is 0. The predicted molar refractivity (Wildman–Crippen MR) is 204 cm³/mol. The summed E-state index contributed by atoms with van der Waals surface area (Å²) in [5.74, 6) is 1.25. The molecule has 1 N–H and O–H groups in total. The lowest BCUT2D eigenvalue weighted by atomic mass is 10.0. The number of aromatic nitrogens is 5. The number of unbranched alkanes of at least 4 members (excludes halogenated alkanes) is 1. The Morgan fingerprint density at radius 1 is 1.08 bits per heavy atom. The van der Waals surface area contributed by atoms with Crippen LogP contribution < -0.4 is 5.32 Å². The van der Waals surface area contributed by atoms with Crippen molar-refractivity contribution in [2.24, 2.45) is 5.92 Å². The van der Waals surface area contributed by atoms with Crippen molar-refractivity contribution in [1.82, 2.24) is 29.0 Å². The highest BCUT2D eigenvalue weighted by molar-refractivity contribution is 6.76. The maximum Gasteiger partial charge on any atom is 0.416 e. The van der Waals surface area contributed by atoms with Gasteiger partial charge in [0.2, 0.25) is 0 Å². The van der Waals surface area contributed by atoms with Gasteiger partial charge in [-0.3, -0.25) is 0 Å². The number of halogens is 3. The van der Waals surface area contributed by atoms with Crippen molar-refractivity contribution in [2.45, 2.75) is 141 Å². The summed E-state index contributed by atoms with van der Waals surface area (Å²) < 4.78 is 64.3. The van der Waals surface area contributed by atoms with E-state index in [0.717, 1.165) is 67.1 Å². The molecule has 3 fully saturated rings. The van der Waals surface area contributed by atoms with E-state index in [2.05, 4.69) is 65.5 Å². The van der Waals surface area contributed by atoms with Crippen LogP contribution in [0.25, 0.3) is 22.1 Å². The molecule has 1 aromatic carbocycles. The van der Waals surface area contributed by atoms with Crippen LogP contribution in [0.4, 0.5) is 19.0 Å². The predicted octanol–water partition coefficient (Wildman–Crippen LogP) is 8.50. The van der Waals surface area contributed by atoms with Crippen LogP contribution in [0, 0.1) is 5.92 Å². The fourth-order valence-electron chi connectivity index (χ4n) is 7.96. The van der Waals surface area contributed by atoms with Crippen LogP contribution in [0.3, 0.4) is 0 Å². The third kappa shape index (κ3) is 8.77. The lowest BCUT2D eigenvalue weighted by Gasteiger charge is -2.31. The first-order valence-corrected chi connectivity index (χ1v) is 23.1. The second-order valence-electron chi connectivity index (χ2n) is 17.3. The van der Waals surface area contributed by atoms with E-state index < -0.39 is 25.6 Å². The monoisotopic (exact) mass is 755 g/mol. The number of alkyl halides is 3. The van der Waals surface area contributed by atoms with E-state index in [-0.39, 0.29) is 30.9 Å². The van der Waals surface area contributed by atoms with Gasteiger partial charge < -0.3 is 33.6 Å². The number of hydrogen-bond donors (Lipinski definition) is 1. The molecule has 0 radical (unpaired) electrons. The van der Waals surface area contributed by atoms with Gasteiger partial charge in [-0.25, -0.2) is 15.0 Å². The Bertz CT molecular complexity index is 1880. The Labute approximate surface area is 311 Å². The van der Waals surface area contributed by atoms with Crippen molar-refractivity contribution >= 4 is 36.0 Å². The van der Waals surface area contributed by atoms with E-state index in [1.165, 1.54) is 25.0 Å². The lowest BCUT2D eigenvalue weighted by Crippen LogP contribution is -2.39. The highest BCUT2D eigenvalue weighted by Crippen LogP contribution is 2.48. The van der Waals surface area contributed by atoms with E-state index in [4.69, 9.17) is 24.2 Å². The number of ether oxygens (including phenoxy) is 3. The molecule has 0 amide bonds. The molecule has 2 saturated carbocycles. The van der Waals surface area contributed by atoms with Gasteiger partial charge in [0.15, 0.2) is 5.79 Å². The van der Waals surface area contributed by atoms with Gasteiger partial charge in [0, 0.05) is 51.8 Å². The summed E-state index contributed by atoms with van der Waals surface area (Å²) in [6.45, 7) is 17.9. The SMILES string of the molecule is CC(C)N(CCCCc1nc2ccc(C(F)(F)F)cc2n1COCC[Si](C)(C)C)CC1CC(n2ccc3c(NC4CC4)ncnc32)[C@@H]2OC(C)(C)O[C@H]12. The van der Waals surface area contributed by atoms with Gasteiger partial charge in [0.1, 0.15) is 36.5 Å². The van der Waals surface area contributed by atoms with Crippen LogP contribution in [0.5, 0.6) is 0 Å². The van der Waals surface area contributed by atoms with E-state index in [9.17, 15) is 13.2 Å². The number of rotatable bonds is 16. The Balaban J connectivity index is 1.02. The number of nitrogens with one attached hydrogen (secondary N) is 1. The molecule has 1 aliphatic heterocycles. The molecule has 53 heavy (non-hydrogen) atoms. The summed E-state index contributed by atoms with van der Waals surface area (Å²) in [5, 5.41) is 4.60. The molecule has 4 atom stereocenters. The van der Waals surface area contributed by atoms with Crippen molar-refractivity contribution in [3.8, 4) is 0 Å². The average Bonchev–Trinajstić information content (AvgIpc) is 3.37. The number of aryl methyl sites for hydroxylation is 1. The molecule has 0 bridgehead atoms. The fraction of sp³-hybridized carbons (Fsp3) is 0.667. The number of fused-ring (bicyclic) bond motifs is 3. The Hall–Kier alpha value is -3.04. The fourth-order valence-corrected chi connectivity index (χ4v) is 8.72. The van der Waals surface area contributed by atoms with Crippen molar-refractivity contribution in [2.75, 3.05) is 25.0 Å². The minimum Gasteiger partial charge on any atom is -0.367 e. The topological polar surface area (TPSA) is 91.5 Å². The van der Waals surface area contributed by atoms with Gasteiger partial charge in [-0.05, 0) is 96.7 Å². The smallest absolute Gasteiger partial charge is 0.367 e.